The number of likely N-dealkylation sites (N-methyl/N-ethyl adjacent to an activating group) is 1. The number of hydrogen-bond donors (Lipinski definition) is 2. The van der Waals surface area contributed by atoms with Crippen LogP contribution in [0.3, 0.4) is 0 Å². The highest BCUT2D eigenvalue weighted by molar-refractivity contribution is 7.45. The average molecular weight is 777 g/mol. The summed E-state index contributed by atoms with van der Waals surface area (Å²) in [4.78, 5) is 25.3. The molecule has 0 aromatic carbocycles. The van der Waals surface area contributed by atoms with E-state index in [9.17, 15) is 19.4 Å². The third-order valence-corrected chi connectivity index (χ3v) is 9.84. The molecule has 0 spiro atoms. The molecule has 3 unspecified atom stereocenters. The summed E-state index contributed by atoms with van der Waals surface area (Å²) in [6.07, 6.45) is 48.0. The third kappa shape index (κ3) is 38.2. The van der Waals surface area contributed by atoms with Gasteiger partial charge in [-0.1, -0.05) is 145 Å². The molecule has 0 saturated heterocycles. The Bertz CT molecular complexity index is 1110. The van der Waals surface area contributed by atoms with E-state index in [1.54, 1.807) is 6.08 Å². The first-order valence-electron chi connectivity index (χ1n) is 21.3. The van der Waals surface area contributed by atoms with Gasteiger partial charge >= 0.3 is 0 Å². The van der Waals surface area contributed by atoms with Gasteiger partial charge in [0.25, 0.3) is 7.82 Å². The quantitative estimate of drug-likeness (QED) is 0.0281. The Labute approximate surface area is 332 Å². The fourth-order valence-corrected chi connectivity index (χ4v) is 6.21. The Morgan fingerprint density at radius 3 is 1.72 bits per heavy atom. The minimum absolute atomic E-state index is 0.0147. The first kappa shape index (κ1) is 51.9. The van der Waals surface area contributed by atoms with Crippen LogP contribution in [-0.4, -0.2) is 68.5 Å². The summed E-state index contributed by atoms with van der Waals surface area (Å²) < 4.78 is 23.1. The molecule has 2 N–H and O–H groups in total. The second kappa shape index (κ2) is 36.6. The first-order valence-corrected chi connectivity index (χ1v) is 22.8. The van der Waals surface area contributed by atoms with Gasteiger partial charge in [-0.25, -0.2) is 0 Å². The van der Waals surface area contributed by atoms with Crippen molar-refractivity contribution < 1.29 is 32.9 Å². The van der Waals surface area contributed by atoms with Crippen LogP contribution in [0.1, 0.15) is 155 Å². The van der Waals surface area contributed by atoms with Crippen molar-refractivity contribution in [3.63, 3.8) is 0 Å². The summed E-state index contributed by atoms with van der Waals surface area (Å²) in [6, 6.07) is -0.917. The zero-order chi connectivity index (χ0) is 40.0. The highest BCUT2D eigenvalue weighted by Gasteiger charge is 2.23. The van der Waals surface area contributed by atoms with Crippen molar-refractivity contribution >= 4 is 13.7 Å². The molecule has 0 saturated carbocycles. The lowest BCUT2D eigenvalue weighted by Crippen LogP contribution is -2.45. The van der Waals surface area contributed by atoms with Crippen LogP contribution >= 0.6 is 7.82 Å². The minimum atomic E-state index is -4.60. The lowest BCUT2D eigenvalue weighted by atomic mass is 10.1. The number of carbonyl (C=O) groups is 1. The van der Waals surface area contributed by atoms with E-state index in [-0.39, 0.29) is 12.5 Å². The van der Waals surface area contributed by atoms with Crippen LogP contribution in [0.4, 0.5) is 0 Å². The van der Waals surface area contributed by atoms with E-state index in [4.69, 9.17) is 9.05 Å². The molecule has 0 aliphatic heterocycles. The molecule has 0 aliphatic rings. The van der Waals surface area contributed by atoms with Crippen LogP contribution in [0.2, 0.25) is 0 Å². The number of aliphatic hydroxyl groups is 1. The fourth-order valence-electron chi connectivity index (χ4n) is 5.49. The average Bonchev–Trinajstić information content (AvgIpc) is 3.12. The van der Waals surface area contributed by atoms with Crippen LogP contribution in [0, 0.1) is 0 Å². The number of nitrogens with one attached hydrogen (secondary N) is 1. The molecule has 8 nitrogen and oxygen atoms in total. The number of allylic oxidation sites excluding steroid dienone is 11. The Balaban J connectivity index is 4.56. The van der Waals surface area contributed by atoms with Crippen LogP contribution in [0.15, 0.2) is 72.9 Å². The van der Waals surface area contributed by atoms with Crippen LogP contribution in [0.5, 0.6) is 0 Å². The molecule has 0 bridgehead atoms. The normalized spacial score (nSPS) is 15.2. The second-order valence-electron chi connectivity index (χ2n) is 15.3. The minimum Gasteiger partial charge on any atom is -0.756 e. The number of carbonyl (C=O) groups excluding carboxylic acids is 1. The fraction of sp³-hybridized carbons (Fsp3) is 0.711. The first-order chi connectivity index (χ1) is 26.0. The molecule has 0 aliphatic carbocycles. The predicted molar refractivity (Wildman–Crippen MR) is 228 cm³/mol. The van der Waals surface area contributed by atoms with Gasteiger partial charge in [0.2, 0.25) is 5.91 Å². The van der Waals surface area contributed by atoms with Crippen molar-refractivity contribution in [1.29, 1.82) is 0 Å². The SMILES string of the molecule is CC/C=C\C/C=C\C/C=C\CCCCCCCCCC(=O)NC(COP(=O)([O-])OCC[N+](C)(C)C)C(O)/C=C/CC/C=C/CC/C=C/CCCCCCC. The van der Waals surface area contributed by atoms with Gasteiger partial charge in [0, 0.05) is 6.42 Å². The maximum Gasteiger partial charge on any atom is 0.268 e. The molecular formula is C45H81N2O6P. The molecule has 54 heavy (non-hydrogen) atoms. The van der Waals surface area contributed by atoms with Crippen molar-refractivity contribution in [2.24, 2.45) is 0 Å². The van der Waals surface area contributed by atoms with E-state index < -0.39 is 26.6 Å². The van der Waals surface area contributed by atoms with Crippen LogP contribution in [0.25, 0.3) is 0 Å². The van der Waals surface area contributed by atoms with Crippen LogP contribution < -0.4 is 10.2 Å². The van der Waals surface area contributed by atoms with Gasteiger partial charge in [-0.05, 0) is 77.0 Å². The highest BCUT2D eigenvalue weighted by Crippen LogP contribution is 2.38. The molecule has 3 atom stereocenters. The van der Waals surface area contributed by atoms with Crippen LogP contribution in [-0.2, 0) is 18.4 Å². The van der Waals surface area contributed by atoms with Crippen molar-refractivity contribution in [2.45, 2.75) is 167 Å². The maximum absolute atomic E-state index is 12.8. The van der Waals surface area contributed by atoms with Gasteiger partial charge in [-0.15, -0.1) is 0 Å². The third-order valence-electron chi connectivity index (χ3n) is 8.88. The molecule has 0 fully saturated rings. The van der Waals surface area contributed by atoms with E-state index >= 15 is 0 Å². The van der Waals surface area contributed by atoms with Gasteiger partial charge in [-0.3, -0.25) is 9.36 Å². The van der Waals surface area contributed by atoms with Gasteiger partial charge in [0.05, 0.1) is 39.9 Å². The molecular weight excluding hydrogens is 695 g/mol. The summed E-state index contributed by atoms with van der Waals surface area (Å²) in [5, 5.41) is 13.7. The number of unbranched alkanes of at least 4 members (excludes halogenated alkanes) is 14. The smallest absolute Gasteiger partial charge is 0.268 e. The van der Waals surface area contributed by atoms with E-state index in [2.05, 4.69) is 79.9 Å². The molecule has 312 valence electrons. The van der Waals surface area contributed by atoms with E-state index in [0.29, 0.717) is 17.4 Å². The zero-order valence-electron chi connectivity index (χ0n) is 35.1. The van der Waals surface area contributed by atoms with E-state index in [1.807, 2.05) is 27.2 Å². The highest BCUT2D eigenvalue weighted by atomic mass is 31.2. The van der Waals surface area contributed by atoms with Crippen molar-refractivity contribution in [1.82, 2.24) is 5.32 Å². The summed E-state index contributed by atoms with van der Waals surface area (Å²) >= 11 is 0. The van der Waals surface area contributed by atoms with Crippen molar-refractivity contribution in [2.75, 3.05) is 40.9 Å². The van der Waals surface area contributed by atoms with Crippen molar-refractivity contribution in [3.8, 4) is 0 Å². The summed E-state index contributed by atoms with van der Waals surface area (Å²) in [6.45, 7) is 4.45. The summed E-state index contributed by atoms with van der Waals surface area (Å²) in [7, 11) is 1.21. The standard InChI is InChI=1S/C45H81N2O6P/c1-6-8-10-12-14-16-18-20-22-23-25-27-29-31-33-35-37-39-45(49)46-43(42-53-54(50,51)52-41-40-47(3,4)5)44(48)38-36-34-32-30-28-26-24-21-19-17-15-13-11-9-7-2/h8,10,14,16,19-22,28,30,36,38,43-44,48H,6-7,9,11-13,15,17-18,23-27,29,31-35,37,39-42H2,1-5H3,(H-,46,49,50,51)/b10-8-,16-14-,21-19+,22-20-,30-28+,38-36+. The molecule has 0 heterocycles. The zero-order valence-corrected chi connectivity index (χ0v) is 36.0. The number of hydrogen-bond acceptors (Lipinski definition) is 6. The molecule has 0 aromatic heterocycles. The number of aliphatic hydroxyl groups excluding tert-OH is 1. The largest absolute Gasteiger partial charge is 0.756 e. The molecule has 9 heteroatoms. The number of amides is 1. The van der Waals surface area contributed by atoms with Gasteiger partial charge in [0.15, 0.2) is 0 Å². The Hall–Kier alpha value is -2.06. The van der Waals surface area contributed by atoms with Crippen molar-refractivity contribution in [3.05, 3.63) is 72.9 Å². The summed E-state index contributed by atoms with van der Waals surface area (Å²) in [5.74, 6) is -0.227. The Morgan fingerprint density at radius 2 is 1.15 bits per heavy atom. The molecule has 1 amide bonds. The van der Waals surface area contributed by atoms with Gasteiger partial charge in [-0.2, -0.15) is 0 Å². The summed E-state index contributed by atoms with van der Waals surface area (Å²) in [5.41, 5.74) is 0. The van der Waals surface area contributed by atoms with E-state index in [1.165, 1.54) is 57.8 Å². The second-order valence-corrected chi connectivity index (χ2v) is 16.7. The number of quaternary nitrogens is 1. The van der Waals surface area contributed by atoms with Gasteiger partial charge in [0.1, 0.15) is 13.2 Å². The topological polar surface area (TPSA) is 108 Å². The van der Waals surface area contributed by atoms with Gasteiger partial charge < -0.3 is 28.8 Å². The lowest BCUT2D eigenvalue weighted by Gasteiger charge is -2.29. The maximum atomic E-state index is 12.8. The number of phosphoric acid groups is 1. The van der Waals surface area contributed by atoms with E-state index in [0.717, 1.165) is 77.0 Å². The lowest BCUT2D eigenvalue weighted by molar-refractivity contribution is -0.870. The Kier molecular flexibility index (Phi) is 35.2. The number of phosphoric ester groups is 1. The molecule has 0 rings (SSSR count). The molecule has 0 radical (unpaired) electrons. The monoisotopic (exact) mass is 777 g/mol. The molecule has 0 aromatic rings. The number of rotatable bonds is 37. The predicted octanol–water partition coefficient (Wildman–Crippen LogP) is 11.0. The Morgan fingerprint density at radius 1 is 0.667 bits per heavy atom. The number of nitrogens with zero attached hydrogens (tertiary/aromatic N) is 1.